The SMILES string of the molecule is NC(=O)C(N)CC1CC=CCC1. The van der Waals surface area contributed by atoms with Crippen LogP contribution in [0, 0.1) is 5.92 Å². The minimum atomic E-state index is -0.457. The third-order valence-corrected chi connectivity index (χ3v) is 2.33. The van der Waals surface area contributed by atoms with Crippen LogP contribution in [-0.2, 0) is 4.79 Å². The van der Waals surface area contributed by atoms with E-state index in [0.29, 0.717) is 5.92 Å². The van der Waals surface area contributed by atoms with E-state index in [9.17, 15) is 4.79 Å². The molecular weight excluding hydrogens is 152 g/mol. The molecule has 1 amide bonds. The average molecular weight is 168 g/mol. The minimum absolute atomic E-state index is 0.385. The van der Waals surface area contributed by atoms with E-state index in [1.54, 1.807) is 0 Å². The predicted octanol–water partition coefficient (Wildman–Crippen LogP) is 0.545. The smallest absolute Gasteiger partial charge is 0.234 e. The fourth-order valence-corrected chi connectivity index (χ4v) is 1.55. The van der Waals surface area contributed by atoms with E-state index in [1.807, 2.05) is 0 Å². The summed E-state index contributed by atoms with van der Waals surface area (Å²) >= 11 is 0. The minimum Gasteiger partial charge on any atom is -0.368 e. The lowest BCUT2D eigenvalue weighted by molar-refractivity contribution is -0.119. The van der Waals surface area contributed by atoms with Gasteiger partial charge in [-0.25, -0.2) is 0 Å². The van der Waals surface area contributed by atoms with Crippen molar-refractivity contribution >= 4 is 5.91 Å². The summed E-state index contributed by atoms with van der Waals surface area (Å²) in [5.74, 6) is 0.169. The van der Waals surface area contributed by atoms with Gasteiger partial charge >= 0.3 is 0 Å². The highest BCUT2D eigenvalue weighted by Crippen LogP contribution is 2.22. The Labute approximate surface area is 72.8 Å². The Kier molecular flexibility index (Phi) is 3.29. The summed E-state index contributed by atoms with van der Waals surface area (Å²) in [7, 11) is 0. The van der Waals surface area contributed by atoms with Crippen LogP contribution in [0.3, 0.4) is 0 Å². The molecule has 0 bridgehead atoms. The van der Waals surface area contributed by atoms with Crippen molar-refractivity contribution in [3.8, 4) is 0 Å². The van der Waals surface area contributed by atoms with Crippen LogP contribution in [0.2, 0.25) is 0 Å². The molecular formula is C9H16N2O. The molecule has 0 saturated carbocycles. The summed E-state index contributed by atoms with van der Waals surface area (Å²) < 4.78 is 0. The van der Waals surface area contributed by atoms with Crippen LogP contribution in [0.4, 0.5) is 0 Å². The zero-order valence-electron chi connectivity index (χ0n) is 7.20. The number of allylic oxidation sites excluding steroid dienone is 2. The van der Waals surface area contributed by atoms with E-state index in [1.165, 1.54) is 0 Å². The van der Waals surface area contributed by atoms with Crippen molar-refractivity contribution in [2.75, 3.05) is 0 Å². The van der Waals surface area contributed by atoms with E-state index in [0.717, 1.165) is 25.7 Å². The summed E-state index contributed by atoms with van der Waals surface area (Å²) in [5.41, 5.74) is 10.6. The monoisotopic (exact) mass is 168 g/mol. The molecule has 3 nitrogen and oxygen atoms in total. The van der Waals surface area contributed by atoms with E-state index in [2.05, 4.69) is 12.2 Å². The van der Waals surface area contributed by atoms with Gasteiger partial charge in [0.05, 0.1) is 6.04 Å². The molecule has 1 rings (SSSR count). The van der Waals surface area contributed by atoms with Gasteiger partial charge in [-0.05, 0) is 31.6 Å². The molecule has 0 heterocycles. The van der Waals surface area contributed by atoms with Crippen LogP contribution in [-0.4, -0.2) is 11.9 Å². The number of nitrogens with two attached hydrogens (primary N) is 2. The number of rotatable bonds is 3. The fraction of sp³-hybridized carbons (Fsp3) is 0.667. The van der Waals surface area contributed by atoms with Crippen LogP contribution in [0.1, 0.15) is 25.7 Å². The van der Waals surface area contributed by atoms with Gasteiger partial charge in [0.15, 0.2) is 0 Å². The molecule has 4 N–H and O–H groups in total. The van der Waals surface area contributed by atoms with Gasteiger partial charge in [0.25, 0.3) is 0 Å². The summed E-state index contributed by atoms with van der Waals surface area (Å²) in [5, 5.41) is 0. The van der Waals surface area contributed by atoms with Crippen molar-refractivity contribution in [2.24, 2.45) is 17.4 Å². The molecule has 0 fully saturated rings. The molecule has 0 spiro atoms. The fourth-order valence-electron chi connectivity index (χ4n) is 1.55. The molecule has 0 aromatic rings. The number of carbonyl (C=O) groups excluding carboxylic acids is 1. The van der Waals surface area contributed by atoms with Crippen molar-refractivity contribution in [2.45, 2.75) is 31.7 Å². The molecule has 68 valence electrons. The van der Waals surface area contributed by atoms with Gasteiger partial charge in [-0.2, -0.15) is 0 Å². The molecule has 0 radical (unpaired) electrons. The first-order valence-corrected chi connectivity index (χ1v) is 4.40. The quantitative estimate of drug-likeness (QED) is 0.604. The highest BCUT2D eigenvalue weighted by molar-refractivity contribution is 5.79. The lowest BCUT2D eigenvalue weighted by Crippen LogP contribution is -2.38. The van der Waals surface area contributed by atoms with E-state index >= 15 is 0 Å². The van der Waals surface area contributed by atoms with Crippen molar-refractivity contribution in [3.63, 3.8) is 0 Å². The molecule has 1 aliphatic carbocycles. The first-order valence-electron chi connectivity index (χ1n) is 4.40. The van der Waals surface area contributed by atoms with Crippen LogP contribution in [0.25, 0.3) is 0 Å². The molecule has 3 heteroatoms. The maximum absolute atomic E-state index is 10.7. The maximum Gasteiger partial charge on any atom is 0.234 e. The van der Waals surface area contributed by atoms with E-state index < -0.39 is 6.04 Å². The highest BCUT2D eigenvalue weighted by Gasteiger charge is 2.17. The normalized spacial score (nSPS) is 25.2. The zero-order chi connectivity index (χ0) is 8.97. The first kappa shape index (κ1) is 9.26. The Morgan fingerprint density at radius 1 is 1.58 bits per heavy atom. The Morgan fingerprint density at radius 2 is 2.33 bits per heavy atom. The number of amides is 1. The number of primary amides is 1. The van der Waals surface area contributed by atoms with Gasteiger partial charge in [-0.1, -0.05) is 12.2 Å². The Morgan fingerprint density at radius 3 is 2.83 bits per heavy atom. The zero-order valence-corrected chi connectivity index (χ0v) is 7.20. The second-order valence-electron chi connectivity index (χ2n) is 3.40. The number of hydrogen-bond acceptors (Lipinski definition) is 2. The van der Waals surface area contributed by atoms with Crippen molar-refractivity contribution in [1.29, 1.82) is 0 Å². The summed E-state index contributed by atoms with van der Waals surface area (Å²) in [6, 6.07) is -0.457. The Bertz CT molecular complexity index is 189. The first-order chi connectivity index (χ1) is 5.70. The van der Waals surface area contributed by atoms with Gasteiger partial charge in [-0.3, -0.25) is 4.79 Å². The van der Waals surface area contributed by atoms with Gasteiger partial charge in [0.1, 0.15) is 0 Å². The molecule has 2 atom stereocenters. The van der Waals surface area contributed by atoms with Crippen molar-refractivity contribution < 1.29 is 4.79 Å². The second kappa shape index (κ2) is 4.26. The van der Waals surface area contributed by atoms with Gasteiger partial charge in [0, 0.05) is 0 Å². The lowest BCUT2D eigenvalue weighted by atomic mass is 9.89. The van der Waals surface area contributed by atoms with Gasteiger partial charge in [0.2, 0.25) is 5.91 Å². The molecule has 0 aromatic carbocycles. The van der Waals surface area contributed by atoms with Crippen LogP contribution < -0.4 is 11.5 Å². The largest absolute Gasteiger partial charge is 0.368 e. The predicted molar refractivity (Wildman–Crippen MR) is 48.3 cm³/mol. The topological polar surface area (TPSA) is 69.1 Å². The molecule has 2 unspecified atom stereocenters. The standard InChI is InChI=1S/C9H16N2O/c10-8(9(11)12)6-7-4-2-1-3-5-7/h1-2,7-8H,3-6,10H2,(H2,11,12). The Hall–Kier alpha value is -0.830. The third-order valence-electron chi connectivity index (χ3n) is 2.33. The van der Waals surface area contributed by atoms with E-state index in [4.69, 9.17) is 11.5 Å². The van der Waals surface area contributed by atoms with E-state index in [-0.39, 0.29) is 5.91 Å². The average Bonchev–Trinajstić information content (AvgIpc) is 2.06. The van der Waals surface area contributed by atoms with Crippen LogP contribution in [0.15, 0.2) is 12.2 Å². The lowest BCUT2D eigenvalue weighted by Gasteiger charge is -2.19. The summed E-state index contributed by atoms with van der Waals surface area (Å²) in [6.07, 6.45) is 8.35. The molecule has 12 heavy (non-hydrogen) atoms. The number of carbonyl (C=O) groups is 1. The van der Waals surface area contributed by atoms with Gasteiger partial charge < -0.3 is 11.5 Å². The summed E-state index contributed by atoms with van der Waals surface area (Å²) in [6.45, 7) is 0. The number of hydrogen-bond donors (Lipinski definition) is 2. The maximum atomic E-state index is 10.7. The van der Waals surface area contributed by atoms with Crippen LogP contribution >= 0.6 is 0 Å². The van der Waals surface area contributed by atoms with Crippen molar-refractivity contribution in [3.05, 3.63) is 12.2 Å². The third kappa shape index (κ3) is 2.66. The molecule has 0 aliphatic heterocycles. The Balaban J connectivity index is 2.30. The second-order valence-corrected chi connectivity index (χ2v) is 3.40. The molecule has 1 aliphatic rings. The summed E-state index contributed by atoms with van der Waals surface area (Å²) in [4.78, 5) is 10.7. The highest BCUT2D eigenvalue weighted by atomic mass is 16.1. The van der Waals surface area contributed by atoms with Gasteiger partial charge in [-0.15, -0.1) is 0 Å². The van der Waals surface area contributed by atoms with Crippen LogP contribution in [0.5, 0.6) is 0 Å². The van der Waals surface area contributed by atoms with Crippen molar-refractivity contribution in [1.82, 2.24) is 0 Å². The molecule has 0 aromatic heterocycles. The molecule has 0 saturated heterocycles.